The Bertz CT molecular complexity index is 685. The van der Waals surface area contributed by atoms with Crippen molar-refractivity contribution in [2.24, 2.45) is 0 Å². The summed E-state index contributed by atoms with van der Waals surface area (Å²) >= 11 is 0. The monoisotopic (exact) mass is 454 g/mol. The molecule has 0 aliphatic heterocycles. The molecule has 1 atom stereocenters. The molecule has 0 aliphatic rings. The maximum absolute atomic E-state index is 11.0. The maximum atomic E-state index is 11.0. The van der Waals surface area contributed by atoms with Crippen molar-refractivity contribution in [1.82, 2.24) is 0 Å². The van der Waals surface area contributed by atoms with Crippen LogP contribution in [-0.2, 0) is 47.7 Å². The van der Waals surface area contributed by atoms with E-state index in [0.29, 0.717) is 0 Å². The normalized spacial score (nSPS) is 10.1. The molecule has 0 amide bonds. The molecule has 176 valence electrons. The molecule has 0 fully saturated rings. The number of carbonyl (C=O) groups is 5. The van der Waals surface area contributed by atoms with Gasteiger partial charge in [-0.05, 0) is 0 Å². The van der Waals surface area contributed by atoms with Crippen molar-refractivity contribution >= 4 is 29.8 Å². The van der Waals surface area contributed by atoms with Gasteiger partial charge in [-0.3, -0.25) is 0 Å². The van der Waals surface area contributed by atoms with E-state index < -0.39 is 48.7 Å². The second kappa shape index (κ2) is 19.0. The Labute approximate surface area is 185 Å². The van der Waals surface area contributed by atoms with Crippen LogP contribution in [0.4, 0.5) is 0 Å². The van der Waals surface area contributed by atoms with Crippen LogP contribution in [0.2, 0.25) is 0 Å². The van der Waals surface area contributed by atoms with Crippen molar-refractivity contribution in [3.63, 3.8) is 0 Å². The Morgan fingerprint density at radius 1 is 0.562 bits per heavy atom. The summed E-state index contributed by atoms with van der Waals surface area (Å²) in [4.78, 5) is 54.0. The standard InChI is InChI=1S/C12H14O6.C9H12O5/c1-4-10(13)16-7-9(18-12(15)6-3)8-17-11(14)5-2;1-3-8(11)13-6-7(5-10)14-9(12)4-2/h4-6,9H,1-3,7-8H2;3-4,7,10H,1-2,5-6H2. The Morgan fingerprint density at radius 3 is 1.12 bits per heavy atom. The average Bonchev–Trinajstić information content (AvgIpc) is 2.82. The summed E-state index contributed by atoms with van der Waals surface area (Å²) in [7, 11) is 0. The van der Waals surface area contributed by atoms with E-state index >= 15 is 0 Å². The quantitative estimate of drug-likeness (QED) is 0.220. The predicted molar refractivity (Wildman–Crippen MR) is 111 cm³/mol. The van der Waals surface area contributed by atoms with Crippen molar-refractivity contribution < 1.29 is 52.8 Å². The molecule has 0 aromatic carbocycles. The van der Waals surface area contributed by atoms with Crippen molar-refractivity contribution in [2.75, 3.05) is 26.4 Å². The Balaban J connectivity index is 0. The van der Waals surface area contributed by atoms with Crippen LogP contribution in [0, 0.1) is 0 Å². The maximum Gasteiger partial charge on any atom is 0.330 e. The minimum absolute atomic E-state index is 0.207. The summed E-state index contributed by atoms with van der Waals surface area (Å²) in [6, 6.07) is 0. The van der Waals surface area contributed by atoms with Gasteiger partial charge in [-0.1, -0.05) is 32.9 Å². The molecule has 0 saturated carbocycles. The summed E-state index contributed by atoms with van der Waals surface area (Å²) in [5, 5.41) is 8.73. The smallest absolute Gasteiger partial charge is 0.330 e. The molecule has 0 aromatic rings. The largest absolute Gasteiger partial charge is 0.458 e. The molecule has 0 aromatic heterocycles. The van der Waals surface area contributed by atoms with E-state index in [2.05, 4.69) is 51.8 Å². The van der Waals surface area contributed by atoms with Gasteiger partial charge < -0.3 is 28.8 Å². The van der Waals surface area contributed by atoms with Gasteiger partial charge in [-0.25, -0.2) is 24.0 Å². The number of hydrogen-bond acceptors (Lipinski definition) is 11. The third-order valence-electron chi connectivity index (χ3n) is 2.84. The summed E-state index contributed by atoms with van der Waals surface area (Å²) < 4.78 is 23.4. The molecule has 0 aliphatic carbocycles. The van der Waals surface area contributed by atoms with Crippen LogP contribution in [0.5, 0.6) is 0 Å². The first kappa shape index (κ1) is 30.2. The number of esters is 5. The molecule has 0 spiro atoms. The third-order valence-corrected chi connectivity index (χ3v) is 2.84. The van der Waals surface area contributed by atoms with Crippen LogP contribution in [0.15, 0.2) is 63.3 Å². The summed E-state index contributed by atoms with van der Waals surface area (Å²) in [6.07, 6.45) is 3.01. The molecule has 11 nitrogen and oxygen atoms in total. The molecule has 0 bridgehead atoms. The van der Waals surface area contributed by atoms with Gasteiger partial charge in [0, 0.05) is 30.4 Å². The summed E-state index contributed by atoms with van der Waals surface area (Å²) in [6.45, 7) is 14.8. The van der Waals surface area contributed by atoms with Gasteiger partial charge in [0.05, 0.1) is 6.61 Å². The molecule has 1 unspecified atom stereocenters. The van der Waals surface area contributed by atoms with Gasteiger partial charge in [0.15, 0.2) is 12.2 Å². The first-order valence-electron chi connectivity index (χ1n) is 8.81. The molecular weight excluding hydrogens is 428 g/mol. The summed E-state index contributed by atoms with van der Waals surface area (Å²) in [5.41, 5.74) is 0. The minimum atomic E-state index is -0.914. The first-order valence-corrected chi connectivity index (χ1v) is 8.81. The van der Waals surface area contributed by atoms with Gasteiger partial charge in [-0.2, -0.15) is 0 Å². The molecule has 0 rings (SSSR count). The Hall–Kier alpha value is -3.99. The zero-order chi connectivity index (χ0) is 24.9. The highest BCUT2D eigenvalue weighted by molar-refractivity contribution is 5.83. The zero-order valence-corrected chi connectivity index (χ0v) is 17.4. The van der Waals surface area contributed by atoms with E-state index in [-0.39, 0.29) is 19.8 Å². The lowest BCUT2D eigenvalue weighted by Crippen LogP contribution is -2.29. The van der Waals surface area contributed by atoms with E-state index in [1.165, 1.54) is 0 Å². The van der Waals surface area contributed by atoms with Gasteiger partial charge in [0.1, 0.15) is 19.8 Å². The number of rotatable bonds is 14. The van der Waals surface area contributed by atoms with E-state index in [4.69, 9.17) is 9.84 Å². The van der Waals surface area contributed by atoms with Gasteiger partial charge in [0.25, 0.3) is 0 Å². The van der Waals surface area contributed by atoms with Crippen molar-refractivity contribution in [1.29, 1.82) is 0 Å². The molecule has 1 N–H and O–H groups in total. The molecule has 0 heterocycles. The van der Waals surface area contributed by atoms with E-state index in [0.717, 1.165) is 30.4 Å². The SMILES string of the molecule is C=CC(=O)OCC(CO)OC(=O)C=C.C=CC(=O)OCC(COC(=O)C=C)OC(=O)C=C. The van der Waals surface area contributed by atoms with Crippen LogP contribution in [0.1, 0.15) is 0 Å². The van der Waals surface area contributed by atoms with Gasteiger partial charge in [0.2, 0.25) is 0 Å². The van der Waals surface area contributed by atoms with E-state index in [1.54, 1.807) is 0 Å². The van der Waals surface area contributed by atoms with Crippen molar-refractivity contribution in [2.45, 2.75) is 12.2 Å². The second-order valence-electron chi connectivity index (χ2n) is 5.21. The highest BCUT2D eigenvalue weighted by Crippen LogP contribution is 1.99. The number of hydrogen-bond donors (Lipinski definition) is 1. The van der Waals surface area contributed by atoms with Gasteiger partial charge >= 0.3 is 29.8 Å². The topological polar surface area (TPSA) is 152 Å². The molecule has 0 radical (unpaired) electrons. The lowest BCUT2D eigenvalue weighted by Gasteiger charge is -2.16. The van der Waals surface area contributed by atoms with E-state index in [9.17, 15) is 24.0 Å². The first-order chi connectivity index (χ1) is 15.2. The lowest BCUT2D eigenvalue weighted by molar-refractivity contribution is -0.160. The fourth-order valence-corrected chi connectivity index (χ4v) is 1.37. The predicted octanol–water partition coefficient (Wildman–Crippen LogP) is 0.348. The Kier molecular flexibility index (Phi) is 17.9. The van der Waals surface area contributed by atoms with Crippen LogP contribution >= 0.6 is 0 Å². The summed E-state index contributed by atoms with van der Waals surface area (Å²) in [5.74, 6) is -3.39. The van der Waals surface area contributed by atoms with Crippen LogP contribution in [-0.4, -0.2) is 73.6 Å². The highest BCUT2D eigenvalue weighted by Gasteiger charge is 2.17. The van der Waals surface area contributed by atoms with Crippen molar-refractivity contribution in [3.8, 4) is 0 Å². The fourth-order valence-electron chi connectivity index (χ4n) is 1.37. The average molecular weight is 454 g/mol. The molecule has 32 heavy (non-hydrogen) atoms. The lowest BCUT2D eigenvalue weighted by atomic mass is 10.4. The third kappa shape index (κ3) is 16.9. The molecule has 0 saturated heterocycles. The number of aliphatic hydroxyl groups is 1. The van der Waals surface area contributed by atoms with Gasteiger partial charge in [-0.15, -0.1) is 0 Å². The van der Waals surface area contributed by atoms with Crippen LogP contribution in [0.25, 0.3) is 0 Å². The number of carbonyl (C=O) groups excluding carboxylic acids is 5. The van der Waals surface area contributed by atoms with Crippen LogP contribution < -0.4 is 0 Å². The molecular formula is C21H26O11. The highest BCUT2D eigenvalue weighted by atomic mass is 16.6. The Morgan fingerprint density at radius 2 is 0.844 bits per heavy atom. The zero-order valence-electron chi connectivity index (χ0n) is 17.4. The van der Waals surface area contributed by atoms with E-state index in [1.807, 2.05) is 0 Å². The van der Waals surface area contributed by atoms with Crippen molar-refractivity contribution in [3.05, 3.63) is 63.3 Å². The number of aliphatic hydroxyl groups excluding tert-OH is 1. The molecule has 11 heteroatoms. The number of ether oxygens (including phenoxy) is 5. The van der Waals surface area contributed by atoms with Crippen LogP contribution in [0.3, 0.4) is 0 Å². The fraction of sp³-hybridized carbons (Fsp3) is 0.286. The minimum Gasteiger partial charge on any atom is -0.458 e. The second-order valence-corrected chi connectivity index (χ2v) is 5.21.